The number of hydrogen-bond donors (Lipinski definition) is 1. The molecule has 0 bridgehead atoms. The summed E-state index contributed by atoms with van der Waals surface area (Å²) in [6.45, 7) is 3.98. The molecule has 1 aromatic carbocycles. The van der Waals surface area contributed by atoms with Gasteiger partial charge in [0.25, 0.3) is 0 Å². The van der Waals surface area contributed by atoms with Crippen LogP contribution in [0, 0.1) is 17.7 Å². The largest absolute Gasteiger partial charge is 0.343 e. The molecule has 0 spiro atoms. The Morgan fingerprint density at radius 3 is 2.52 bits per heavy atom. The van der Waals surface area contributed by atoms with Crippen molar-refractivity contribution >= 4 is 30.1 Å². The van der Waals surface area contributed by atoms with Crippen LogP contribution in [-0.2, 0) is 4.79 Å². The summed E-state index contributed by atoms with van der Waals surface area (Å²) in [7, 11) is 0. The number of nitrogens with one attached hydrogen (secondary N) is 1. The number of likely N-dealkylation sites (tertiary alicyclic amines) is 1. The van der Waals surface area contributed by atoms with E-state index >= 15 is 0 Å². The van der Waals surface area contributed by atoms with Crippen molar-refractivity contribution in [1.29, 1.82) is 0 Å². The van der Waals surface area contributed by atoms with Gasteiger partial charge in [-0.1, -0.05) is 12.1 Å². The molecule has 2 aliphatic heterocycles. The van der Waals surface area contributed by atoms with Crippen LogP contribution in [0.2, 0.25) is 0 Å². The van der Waals surface area contributed by atoms with E-state index in [0.717, 1.165) is 50.9 Å². The predicted octanol–water partition coefficient (Wildman–Crippen LogP) is 3.19. The number of carbonyl (C=O) groups is 1. The highest BCUT2D eigenvalue weighted by molar-refractivity contribution is 7.99. The lowest BCUT2D eigenvalue weighted by atomic mass is 9.92. The van der Waals surface area contributed by atoms with Gasteiger partial charge >= 0.3 is 0 Å². The monoisotopic (exact) mass is 358 g/mol. The first-order valence-electron chi connectivity index (χ1n) is 8.10. The number of amides is 1. The molecule has 0 aliphatic carbocycles. The van der Waals surface area contributed by atoms with Crippen LogP contribution < -0.4 is 5.32 Å². The number of rotatable bonds is 4. The van der Waals surface area contributed by atoms with Crippen molar-refractivity contribution in [2.75, 3.05) is 31.9 Å². The molecule has 0 unspecified atom stereocenters. The molecule has 2 aliphatic rings. The van der Waals surface area contributed by atoms with Gasteiger partial charge in [-0.2, -0.15) is 0 Å². The van der Waals surface area contributed by atoms with Crippen molar-refractivity contribution in [3.05, 3.63) is 30.1 Å². The molecule has 1 amide bonds. The van der Waals surface area contributed by atoms with Gasteiger partial charge in [-0.25, -0.2) is 4.39 Å². The summed E-state index contributed by atoms with van der Waals surface area (Å²) in [5, 5.41) is 3.45. The minimum Gasteiger partial charge on any atom is -0.343 e. The van der Waals surface area contributed by atoms with E-state index in [1.165, 1.54) is 17.8 Å². The first kappa shape index (κ1) is 18.6. The van der Waals surface area contributed by atoms with Gasteiger partial charge in [0, 0.05) is 30.2 Å². The molecule has 0 saturated carbocycles. The van der Waals surface area contributed by atoms with Crippen LogP contribution in [0.15, 0.2) is 29.2 Å². The van der Waals surface area contributed by atoms with Gasteiger partial charge in [-0.05, 0) is 49.9 Å². The minimum absolute atomic E-state index is 0. The summed E-state index contributed by atoms with van der Waals surface area (Å²) < 4.78 is 13.5. The molecule has 0 aromatic heterocycles. The Bertz CT molecular complexity index is 517. The molecular formula is C17H24ClFN2OS. The van der Waals surface area contributed by atoms with E-state index in [1.54, 1.807) is 12.1 Å². The fourth-order valence-corrected chi connectivity index (χ4v) is 4.31. The van der Waals surface area contributed by atoms with Crippen LogP contribution in [0.25, 0.3) is 0 Å². The second-order valence-electron chi connectivity index (χ2n) is 6.17. The molecule has 2 atom stereocenters. The number of benzene rings is 1. The van der Waals surface area contributed by atoms with Gasteiger partial charge in [0.1, 0.15) is 5.82 Å². The normalized spacial score (nSPS) is 23.8. The topological polar surface area (TPSA) is 32.3 Å². The maximum Gasteiger partial charge on any atom is 0.223 e. The van der Waals surface area contributed by atoms with Crippen molar-refractivity contribution < 1.29 is 9.18 Å². The number of fused-ring (bicyclic) bond motifs is 1. The standard InChI is InChI=1S/C17H23FN2OS.ClH/c18-15-3-1-2-4-16(15)22-10-7-17(21)20-8-5-13-11-19-12-14(13)6-9-20;/h1-4,13-14,19H,5-12H2;1H/t13-,14+;. The Kier molecular flexibility index (Phi) is 7.18. The maximum absolute atomic E-state index is 13.5. The number of thioether (sulfide) groups is 1. The highest BCUT2D eigenvalue weighted by Crippen LogP contribution is 2.28. The van der Waals surface area contributed by atoms with E-state index in [4.69, 9.17) is 0 Å². The lowest BCUT2D eigenvalue weighted by molar-refractivity contribution is -0.130. The summed E-state index contributed by atoms with van der Waals surface area (Å²) in [4.78, 5) is 15.0. The Balaban J connectivity index is 0.00000192. The lowest BCUT2D eigenvalue weighted by Crippen LogP contribution is -2.32. The highest BCUT2D eigenvalue weighted by atomic mass is 35.5. The minimum atomic E-state index is -0.199. The van der Waals surface area contributed by atoms with E-state index in [2.05, 4.69) is 5.32 Å². The molecule has 23 heavy (non-hydrogen) atoms. The number of nitrogens with zero attached hydrogens (tertiary/aromatic N) is 1. The van der Waals surface area contributed by atoms with E-state index in [1.807, 2.05) is 11.0 Å². The SMILES string of the molecule is Cl.O=C(CCSc1ccccc1F)N1CC[C@@H]2CNC[C@@H]2CC1. The van der Waals surface area contributed by atoms with Gasteiger partial charge in [-0.15, -0.1) is 24.2 Å². The Labute approximate surface area is 147 Å². The van der Waals surface area contributed by atoms with Crippen LogP contribution >= 0.6 is 24.2 Å². The van der Waals surface area contributed by atoms with Crippen LogP contribution in [0.3, 0.4) is 0 Å². The first-order valence-corrected chi connectivity index (χ1v) is 9.08. The van der Waals surface area contributed by atoms with E-state index in [-0.39, 0.29) is 24.1 Å². The fourth-order valence-electron chi connectivity index (χ4n) is 3.44. The van der Waals surface area contributed by atoms with Crippen molar-refractivity contribution in [2.24, 2.45) is 11.8 Å². The Hall–Kier alpha value is -0.780. The van der Waals surface area contributed by atoms with Gasteiger partial charge in [0.2, 0.25) is 5.91 Å². The van der Waals surface area contributed by atoms with Crippen molar-refractivity contribution in [3.8, 4) is 0 Å². The van der Waals surface area contributed by atoms with Crippen molar-refractivity contribution in [1.82, 2.24) is 10.2 Å². The molecular weight excluding hydrogens is 335 g/mol. The average Bonchev–Trinajstić information content (AvgIpc) is 2.87. The smallest absolute Gasteiger partial charge is 0.223 e. The maximum atomic E-state index is 13.5. The van der Waals surface area contributed by atoms with Crippen LogP contribution in [-0.4, -0.2) is 42.7 Å². The quantitative estimate of drug-likeness (QED) is 0.839. The molecule has 3 nitrogen and oxygen atoms in total. The molecule has 1 N–H and O–H groups in total. The van der Waals surface area contributed by atoms with Crippen LogP contribution in [0.4, 0.5) is 4.39 Å². The summed E-state index contributed by atoms with van der Waals surface area (Å²) in [6, 6.07) is 6.75. The third-order valence-corrected chi connectivity index (χ3v) is 5.83. The van der Waals surface area contributed by atoms with E-state index in [9.17, 15) is 9.18 Å². The summed E-state index contributed by atoms with van der Waals surface area (Å²) in [6.07, 6.45) is 2.72. The molecule has 1 aromatic rings. The first-order chi connectivity index (χ1) is 10.7. The molecule has 6 heteroatoms. The van der Waals surface area contributed by atoms with Crippen LogP contribution in [0.1, 0.15) is 19.3 Å². The summed E-state index contributed by atoms with van der Waals surface area (Å²) >= 11 is 1.43. The van der Waals surface area contributed by atoms with Gasteiger partial charge in [-0.3, -0.25) is 4.79 Å². The second-order valence-corrected chi connectivity index (χ2v) is 7.30. The van der Waals surface area contributed by atoms with E-state index in [0.29, 0.717) is 17.1 Å². The number of hydrogen-bond acceptors (Lipinski definition) is 3. The van der Waals surface area contributed by atoms with Crippen LogP contribution in [0.5, 0.6) is 0 Å². The molecule has 128 valence electrons. The number of carbonyl (C=O) groups excluding carboxylic acids is 1. The Morgan fingerprint density at radius 1 is 1.22 bits per heavy atom. The molecule has 2 heterocycles. The average molecular weight is 359 g/mol. The fraction of sp³-hybridized carbons (Fsp3) is 0.588. The molecule has 3 rings (SSSR count). The molecule has 2 fully saturated rings. The summed E-state index contributed by atoms with van der Waals surface area (Å²) in [5.74, 6) is 2.15. The zero-order chi connectivity index (χ0) is 15.4. The van der Waals surface area contributed by atoms with Gasteiger partial charge in [0.15, 0.2) is 0 Å². The van der Waals surface area contributed by atoms with E-state index < -0.39 is 0 Å². The van der Waals surface area contributed by atoms with Crippen molar-refractivity contribution in [2.45, 2.75) is 24.2 Å². The van der Waals surface area contributed by atoms with Crippen molar-refractivity contribution in [3.63, 3.8) is 0 Å². The summed E-state index contributed by atoms with van der Waals surface area (Å²) in [5.41, 5.74) is 0. The molecule has 2 saturated heterocycles. The molecule has 0 radical (unpaired) electrons. The third-order valence-electron chi connectivity index (χ3n) is 4.78. The third kappa shape index (κ3) is 4.85. The number of halogens is 2. The zero-order valence-corrected chi connectivity index (χ0v) is 14.8. The highest BCUT2D eigenvalue weighted by Gasteiger charge is 2.31. The zero-order valence-electron chi connectivity index (χ0n) is 13.2. The second kappa shape index (κ2) is 8.90. The predicted molar refractivity (Wildman–Crippen MR) is 94.7 cm³/mol. The lowest BCUT2D eigenvalue weighted by Gasteiger charge is -2.20. The Morgan fingerprint density at radius 2 is 1.87 bits per heavy atom. The van der Waals surface area contributed by atoms with Gasteiger partial charge in [0.05, 0.1) is 0 Å². The van der Waals surface area contributed by atoms with Gasteiger partial charge < -0.3 is 10.2 Å².